The van der Waals surface area contributed by atoms with Crippen molar-refractivity contribution in [1.82, 2.24) is 0 Å². The smallest absolute Gasteiger partial charge is 0.0404 e. The second-order valence-electron chi connectivity index (χ2n) is 4.49. The molecule has 0 spiro atoms. The minimum absolute atomic E-state index is 0.597. The second kappa shape index (κ2) is 4.23. The zero-order valence-electron chi connectivity index (χ0n) is 9.66. The van der Waals surface area contributed by atoms with Crippen molar-refractivity contribution in [1.29, 1.82) is 0 Å². The highest BCUT2D eigenvalue weighted by atomic mass is 15.2. The maximum atomic E-state index is 5.64. The fraction of sp³-hybridized carbons (Fsp3) is 0.538. The van der Waals surface area contributed by atoms with Gasteiger partial charge in [-0.1, -0.05) is 12.1 Å². The molecular formula is C13H20N2. The van der Waals surface area contributed by atoms with E-state index in [2.05, 4.69) is 36.9 Å². The first-order valence-electron chi connectivity index (χ1n) is 5.81. The van der Waals surface area contributed by atoms with Crippen LogP contribution in [-0.2, 0) is 12.8 Å². The first kappa shape index (κ1) is 10.5. The molecule has 1 aliphatic heterocycles. The Balaban J connectivity index is 2.34. The van der Waals surface area contributed by atoms with Gasteiger partial charge in [-0.15, -0.1) is 0 Å². The highest BCUT2D eigenvalue weighted by molar-refractivity contribution is 5.61. The molecule has 1 aromatic rings. The van der Waals surface area contributed by atoms with Crippen molar-refractivity contribution in [2.75, 3.05) is 18.0 Å². The summed E-state index contributed by atoms with van der Waals surface area (Å²) in [7, 11) is 0. The predicted octanol–water partition coefficient (Wildman–Crippen LogP) is 1.96. The Morgan fingerprint density at radius 1 is 1.40 bits per heavy atom. The third-order valence-electron chi connectivity index (χ3n) is 3.20. The molecule has 0 bridgehead atoms. The van der Waals surface area contributed by atoms with Crippen molar-refractivity contribution >= 4 is 5.69 Å². The van der Waals surface area contributed by atoms with Crippen LogP contribution in [0.2, 0.25) is 0 Å². The minimum atomic E-state index is 0.597. The van der Waals surface area contributed by atoms with Crippen LogP contribution < -0.4 is 10.6 Å². The van der Waals surface area contributed by atoms with Gasteiger partial charge in [-0.25, -0.2) is 0 Å². The van der Waals surface area contributed by atoms with Crippen molar-refractivity contribution in [2.45, 2.75) is 32.7 Å². The normalized spacial score (nSPS) is 14.8. The minimum Gasteiger partial charge on any atom is -0.369 e. The molecule has 1 aromatic carbocycles. The Kier molecular flexibility index (Phi) is 2.96. The molecule has 2 N–H and O–H groups in total. The van der Waals surface area contributed by atoms with Gasteiger partial charge in [0.25, 0.3) is 0 Å². The SMILES string of the molecule is CC(C)N1CCc2c(CCN)cccc21. The Morgan fingerprint density at radius 3 is 2.87 bits per heavy atom. The number of fused-ring (bicyclic) bond motifs is 1. The number of anilines is 1. The molecule has 1 heterocycles. The molecule has 0 unspecified atom stereocenters. The molecule has 15 heavy (non-hydrogen) atoms. The molecule has 0 amide bonds. The summed E-state index contributed by atoms with van der Waals surface area (Å²) >= 11 is 0. The summed E-state index contributed by atoms with van der Waals surface area (Å²) in [6, 6.07) is 7.21. The molecule has 0 aromatic heterocycles. The first-order valence-corrected chi connectivity index (χ1v) is 5.81. The molecule has 0 atom stereocenters. The number of nitrogens with two attached hydrogens (primary N) is 1. The number of benzene rings is 1. The van der Waals surface area contributed by atoms with Gasteiger partial charge < -0.3 is 10.6 Å². The van der Waals surface area contributed by atoms with E-state index >= 15 is 0 Å². The molecule has 0 saturated carbocycles. The van der Waals surface area contributed by atoms with Crippen molar-refractivity contribution in [2.24, 2.45) is 5.73 Å². The maximum Gasteiger partial charge on any atom is 0.0404 e. The van der Waals surface area contributed by atoms with Gasteiger partial charge >= 0.3 is 0 Å². The van der Waals surface area contributed by atoms with Crippen LogP contribution in [-0.4, -0.2) is 19.1 Å². The van der Waals surface area contributed by atoms with E-state index in [1.807, 2.05) is 0 Å². The third-order valence-corrected chi connectivity index (χ3v) is 3.20. The zero-order valence-corrected chi connectivity index (χ0v) is 9.66. The fourth-order valence-corrected chi connectivity index (χ4v) is 2.46. The lowest BCUT2D eigenvalue weighted by Crippen LogP contribution is -2.28. The van der Waals surface area contributed by atoms with Gasteiger partial charge in [0, 0.05) is 18.3 Å². The van der Waals surface area contributed by atoms with Crippen molar-refractivity contribution in [3.63, 3.8) is 0 Å². The molecule has 1 aliphatic rings. The van der Waals surface area contributed by atoms with Crippen LogP contribution in [0.4, 0.5) is 5.69 Å². The lowest BCUT2D eigenvalue weighted by molar-refractivity contribution is 0.710. The van der Waals surface area contributed by atoms with Crippen molar-refractivity contribution in [3.05, 3.63) is 29.3 Å². The van der Waals surface area contributed by atoms with E-state index in [-0.39, 0.29) is 0 Å². The summed E-state index contributed by atoms with van der Waals surface area (Å²) in [6.07, 6.45) is 2.19. The van der Waals surface area contributed by atoms with E-state index in [0.717, 1.165) is 19.5 Å². The summed E-state index contributed by atoms with van der Waals surface area (Å²) in [5, 5.41) is 0. The van der Waals surface area contributed by atoms with Gasteiger partial charge in [0.2, 0.25) is 0 Å². The van der Waals surface area contributed by atoms with Gasteiger partial charge in [-0.2, -0.15) is 0 Å². The van der Waals surface area contributed by atoms with E-state index in [1.165, 1.54) is 23.2 Å². The van der Waals surface area contributed by atoms with Crippen LogP contribution in [0.15, 0.2) is 18.2 Å². The average Bonchev–Trinajstić information content (AvgIpc) is 2.62. The summed E-state index contributed by atoms with van der Waals surface area (Å²) in [4.78, 5) is 2.48. The van der Waals surface area contributed by atoms with Crippen LogP contribution in [0.25, 0.3) is 0 Å². The van der Waals surface area contributed by atoms with Crippen LogP contribution in [0.1, 0.15) is 25.0 Å². The van der Waals surface area contributed by atoms with E-state index in [9.17, 15) is 0 Å². The van der Waals surface area contributed by atoms with Crippen LogP contribution in [0.3, 0.4) is 0 Å². The molecular weight excluding hydrogens is 184 g/mol. The van der Waals surface area contributed by atoms with Crippen LogP contribution in [0.5, 0.6) is 0 Å². The van der Waals surface area contributed by atoms with Crippen molar-refractivity contribution in [3.8, 4) is 0 Å². The summed E-state index contributed by atoms with van der Waals surface area (Å²) in [5.41, 5.74) is 10.0. The Hall–Kier alpha value is -1.02. The van der Waals surface area contributed by atoms with Crippen LogP contribution >= 0.6 is 0 Å². The molecule has 2 nitrogen and oxygen atoms in total. The van der Waals surface area contributed by atoms with Gasteiger partial charge in [0.15, 0.2) is 0 Å². The first-order chi connectivity index (χ1) is 7.24. The largest absolute Gasteiger partial charge is 0.369 e. The lowest BCUT2D eigenvalue weighted by Gasteiger charge is -2.24. The second-order valence-corrected chi connectivity index (χ2v) is 4.49. The number of nitrogens with zero attached hydrogens (tertiary/aromatic N) is 1. The van der Waals surface area contributed by atoms with Gasteiger partial charge in [0.05, 0.1) is 0 Å². The Morgan fingerprint density at radius 2 is 2.20 bits per heavy atom. The number of rotatable bonds is 3. The van der Waals surface area contributed by atoms with Crippen molar-refractivity contribution < 1.29 is 0 Å². The van der Waals surface area contributed by atoms with Crippen LogP contribution in [0, 0.1) is 0 Å². The number of hydrogen-bond acceptors (Lipinski definition) is 2. The van der Waals surface area contributed by atoms with E-state index in [1.54, 1.807) is 0 Å². The average molecular weight is 204 g/mol. The van der Waals surface area contributed by atoms with E-state index in [0.29, 0.717) is 6.04 Å². The third kappa shape index (κ3) is 1.86. The summed E-state index contributed by atoms with van der Waals surface area (Å²) in [6.45, 7) is 6.42. The standard InChI is InChI=1S/C13H20N2/c1-10(2)15-9-7-12-11(6-8-14)4-3-5-13(12)15/h3-5,10H,6-9,14H2,1-2H3. The monoisotopic (exact) mass is 204 g/mol. The van der Waals surface area contributed by atoms with Gasteiger partial charge in [-0.05, 0) is 50.4 Å². The lowest BCUT2D eigenvalue weighted by atomic mass is 10.0. The summed E-state index contributed by atoms with van der Waals surface area (Å²) < 4.78 is 0. The summed E-state index contributed by atoms with van der Waals surface area (Å²) in [5.74, 6) is 0. The van der Waals surface area contributed by atoms with E-state index in [4.69, 9.17) is 5.73 Å². The Labute approximate surface area is 92.1 Å². The molecule has 82 valence electrons. The van der Waals surface area contributed by atoms with E-state index < -0.39 is 0 Å². The topological polar surface area (TPSA) is 29.3 Å². The highest BCUT2D eigenvalue weighted by Gasteiger charge is 2.22. The molecule has 0 saturated heterocycles. The molecule has 2 heteroatoms. The number of hydrogen-bond donors (Lipinski definition) is 1. The van der Waals surface area contributed by atoms with Gasteiger partial charge in [-0.3, -0.25) is 0 Å². The molecule has 0 aliphatic carbocycles. The zero-order chi connectivity index (χ0) is 10.8. The Bertz CT molecular complexity index is 344. The molecule has 0 fully saturated rings. The quantitative estimate of drug-likeness (QED) is 0.815. The molecule has 0 radical (unpaired) electrons. The molecule has 2 rings (SSSR count). The van der Waals surface area contributed by atoms with Gasteiger partial charge in [0.1, 0.15) is 0 Å². The fourth-order valence-electron chi connectivity index (χ4n) is 2.46. The predicted molar refractivity (Wildman–Crippen MR) is 65.4 cm³/mol. The highest BCUT2D eigenvalue weighted by Crippen LogP contribution is 2.32. The maximum absolute atomic E-state index is 5.64.